The molecule has 16 heteroatoms. The van der Waals surface area contributed by atoms with E-state index < -0.39 is 35.6 Å². The third kappa shape index (κ3) is 14.2. The van der Waals surface area contributed by atoms with Gasteiger partial charge in [-0.3, -0.25) is 28.8 Å². The van der Waals surface area contributed by atoms with Crippen LogP contribution in [0.25, 0.3) is 0 Å². The fourth-order valence-corrected chi connectivity index (χ4v) is 7.72. The van der Waals surface area contributed by atoms with E-state index in [4.69, 9.17) is 0 Å². The average Bonchev–Trinajstić information content (AvgIpc) is 3.59. The van der Waals surface area contributed by atoms with E-state index in [1.54, 1.807) is 42.5 Å². The number of aromatic carboxylic acids is 2. The maximum absolute atomic E-state index is 13.2. The van der Waals surface area contributed by atoms with Crippen LogP contribution in [0.2, 0.25) is 0 Å². The Morgan fingerprint density at radius 3 is 1.89 bits per heavy atom. The van der Waals surface area contributed by atoms with Gasteiger partial charge in [-0.15, -0.1) is 0 Å². The lowest BCUT2D eigenvalue weighted by atomic mass is 9.84. The van der Waals surface area contributed by atoms with E-state index in [1.807, 2.05) is 26.0 Å². The molecule has 0 atom stereocenters. The van der Waals surface area contributed by atoms with Crippen LogP contribution in [0.3, 0.4) is 0 Å². The van der Waals surface area contributed by atoms with Crippen molar-refractivity contribution in [1.82, 2.24) is 5.32 Å². The fraction of sp³-hybridized carbons (Fsp3) is 0.309. The predicted octanol–water partition coefficient (Wildman–Crippen LogP) is 10.3. The topological polar surface area (TPSA) is 232 Å². The number of carboxylic acid groups (broad SMARTS) is 2. The lowest BCUT2D eigenvalue weighted by Gasteiger charge is -2.28. The number of carbonyl (C=O) groups is 8. The number of imide groups is 1. The van der Waals surface area contributed by atoms with E-state index in [9.17, 15) is 48.6 Å². The molecule has 0 unspecified atom stereocenters. The fourth-order valence-electron chi connectivity index (χ4n) is 7.72. The van der Waals surface area contributed by atoms with Crippen molar-refractivity contribution in [2.24, 2.45) is 11.3 Å². The molecule has 6 rings (SSSR count). The number of carbonyl (C=O) groups excluding carboxylic acids is 6. The zero-order chi connectivity index (χ0) is 52.7. The van der Waals surface area contributed by atoms with Crippen molar-refractivity contribution in [3.63, 3.8) is 0 Å². The van der Waals surface area contributed by atoms with Crippen molar-refractivity contribution in [3.8, 4) is 0 Å². The molecule has 71 heavy (non-hydrogen) atoms. The molecular formula is C55H64N6O10. The number of nitrogens with one attached hydrogen (secondary N) is 4. The number of carboxylic acids is 2. The van der Waals surface area contributed by atoms with Crippen molar-refractivity contribution >= 4 is 76.2 Å². The summed E-state index contributed by atoms with van der Waals surface area (Å²) in [6, 6.07) is 24.7. The van der Waals surface area contributed by atoms with Crippen molar-refractivity contribution in [1.29, 1.82) is 0 Å². The van der Waals surface area contributed by atoms with Crippen molar-refractivity contribution in [2.75, 3.05) is 52.9 Å². The van der Waals surface area contributed by atoms with E-state index in [2.05, 4.69) is 62.8 Å². The standard InChI is InChI=1S/C26H23N3O5.C26H33N3O5.C3H8/c1-3-12-27-22-11-9-18(14-21(22)23(30)28-17-7-4-15(2)5-8-17)29-24(31)19-10-6-16(26(33)34)13-20(19)25(29)32;1-16(2)13-26(3,4)15-28-22-10-9-19(12-21(22)23(31)27-5)29(6)24(32)20-11-17(25(33)34)7-8-18(20)14-30;1-3-2/h4-11,13-14,27H,3,12H2,1-2H3,(H,28,30)(H,33,34);7-12,14,16,28H,13,15H2,1-6H3,(H,27,31)(H,33,34);3H2,1-2H3. The molecule has 1 aliphatic heterocycles. The number of benzene rings is 5. The Balaban J connectivity index is 0.000000292. The summed E-state index contributed by atoms with van der Waals surface area (Å²) >= 11 is 0. The number of aldehydes is 1. The highest BCUT2D eigenvalue weighted by atomic mass is 16.4. The van der Waals surface area contributed by atoms with Gasteiger partial charge in [0.05, 0.1) is 44.6 Å². The van der Waals surface area contributed by atoms with Gasteiger partial charge in [-0.1, -0.05) is 78.6 Å². The van der Waals surface area contributed by atoms with Crippen LogP contribution >= 0.6 is 0 Å². The lowest BCUT2D eigenvalue weighted by Crippen LogP contribution is -2.29. The third-order valence-electron chi connectivity index (χ3n) is 11.1. The molecule has 0 spiro atoms. The van der Waals surface area contributed by atoms with Gasteiger partial charge < -0.3 is 36.4 Å². The first-order valence-corrected chi connectivity index (χ1v) is 23.3. The second-order valence-corrected chi connectivity index (χ2v) is 18.2. The molecule has 0 fully saturated rings. The Kier molecular flexibility index (Phi) is 19.5. The van der Waals surface area contributed by atoms with Crippen LogP contribution in [-0.4, -0.2) is 85.2 Å². The number of amides is 5. The number of hydrogen-bond acceptors (Lipinski definition) is 10. The number of hydrogen-bond donors (Lipinski definition) is 6. The highest BCUT2D eigenvalue weighted by molar-refractivity contribution is 6.35. The zero-order valence-corrected chi connectivity index (χ0v) is 42.0. The van der Waals surface area contributed by atoms with Crippen LogP contribution in [0, 0.1) is 18.3 Å². The summed E-state index contributed by atoms with van der Waals surface area (Å²) < 4.78 is 0. The molecule has 1 heterocycles. The van der Waals surface area contributed by atoms with Gasteiger partial charge in [0.15, 0.2) is 6.29 Å². The first kappa shape index (κ1) is 55.5. The largest absolute Gasteiger partial charge is 0.478 e. The van der Waals surface area contributed by atoms with Crippen LogP contribution in [0.4, 0.5) is 28.4 Å². The van der Waals surface area contributed by atoms with Gasteiger partial charge in [-0.05, 0) is 110 Å². The van der Waals surface area contributed by atoms with Gasteiger partial charge in [0.2, 0.25) is 0 Å². The van der Waals surface area contributed by atoms with Gasteiger partial charge in [0.25, 0.3) is 29.5 Å². The second-order valence-electron chi connectivity index (χ2n) is 18.2. The van der Waals surface area contributed by atoms with Gasteiger partial charge >= 0.3 is 11.9 Å². The van der Waals surface area contributed by atoms with E-state index >= 15 is 0 Å². The molecule has 0 bridgehead atoms. The molecule has 0 aromatic heterocycles. The molecule has 0 radical (unpaired) electrons. The molecule has 6 N–H and O–H groups in total. The zero-order valence-electron chi connectivity index (χ0n) is 42.0. The Morgan fingerprint density at radius 1 is 0.718 bits per heavy atom. The predicted molar refractivity (Wildman–Crippen MR) is 278 cm³/mol. The number of nitrogens with zero attached hydrogens (tertiary/aromatic N) is 2. The van der Waals surface area contributed by atoms with Crippen LogP contribution in [0.15, 0.2) is 97.1 Å². The molecule has 5 amide bonds. The summed E-state index contributed by atoms with van der Waals surface area (Å²) in [4.78, 5) is 101. The molecule has 5 aromatic carbocycles. The minimum absolute atomic E-state index is 0.0138. The van der Waals surface area contributed by atoms with Crippen LogP contribution in [0.5, 0.6) is 0 Å². The quantitative estimate of drug-likeness (QED) is 0.0378. The molecule has 1 aliphatic rings. The van der Waals surface area contributed by atoms with Crippen molar-refractivity contribution < 1.29 is 48.6 Å². The molecule has 0 aliphatic carbocycles. The van der Waals surface area contributed by atoms with Gasteiger partial charge in [-0.2, -0.15) is 0 Å². The summed E-state index contributed by atoms with van der Waals surface area (Å²) in [5.41, 5.74) is 4.19. The van der Waals surface area contributed by atoms with Crippen molar-refractivity contribution in [3.05, 3.63) is 147 Å². The summed E-state index contributed by atoms with van der Waals surface area (Å²) in [6.07, 6.45) is 3.61. The SMILES string of the molecule is CCC.CCCNc1ccc(N2C(=O)c3ccc(C(=O)O)cc3C2=O)cc1C(=O)Nc1ccc(C)cc1.CNC(=O)c1cc(N(C)C(=O)c2cc(C(=O)O)ccc2C=O)ccc1NCC(C)(C)CC(C)C. The van der Waals surface area contributed by atoms with Gasteiger partial charge in [0.1, 0.15) is 0 Å². The highest BCUT2D eigenvalue weighted by Crippen LogP contribution is 2.33. The smallest absolute Gasteiger partial charge is 0.335 e. The minimum atomic E-state index is -1.20. The normalized spacial score (nSPS) is 11.6. The summed E-state index contributed by atoms with van der Waals surface area (Å²) in [6.45, 7) is 18.2. The molecule has 0 saturated heterocycles. The molecular weight excluding hydrogens is 905 g/mol. The Morgan fingerprint density at radius 2 is 1.30 bits per heavy atom. The highest BCUT2D eigenvalue weighted by Gasteiger charge is 2.38. The van der Waals surface area contributed by atoms with E-state index in [0.29, 0.717) is 53.6 Å². The number of aryl methyl sites for hydroxylation is 1. The molecule has 5 aromatic rings. The molecule has 0 saturated carbocycles. The molecule has 374 valence electrons. The van der Waals surface area contributed by atoms with Crippen LogP contribution in [-0.2, 0) is 0 Å². The average molecular weight is 969 g/mol. The maximum atomic E-state index is 13.2. The monoisotopic (exact) mass is 968 g/mol. The number of fused-ring (bicyclic) bond motifs is 1. The Labute approximate surface area is 414 Å². The van der Waals surface area contributed by atoms with E-state index in [-0.39, 0.29) is 56.0 Å². The first-order chi connectivity index (χ1) is 33.6. The Bertz CT molecular complexity index is 2800. The molecule has 16 nitrogen and oxygen atoms in total. The summed E-state index contributed by atoms with van der Waals surface area (Å²) in [7, 11) is 3.04. The lowest BCUT2D eigenvalue weighted by molar-refractivity contribution is 0.0686. The van der Waals surface area contributed by atoms with E-state index in [1.165, 1.54) is 67.9 Å². The summed E-state index contributed by atoms with van der Waals surface area (Å²) in [5, 5.41) is 30.5. The third-order valence-corrected chi connectivity index (χ3v) is 11.1. The first-order valence-electron chi connectivity index (χ1n) is 23.3. The number of rotatable bonds is 17. The maximum Gasteiger partial charge on any atom is 0.335 e. The minimum Gasteiger partial charge on any atom is -0.478 e. The van der Waals surface area contributed by atoms with Gasteiger partial charge in [0, 0.05) is 55.5 Å². The van der Waals surface area contributed by atoms with E-state index in [0.717, 1.165) is 23.3 Å². The van der Waals surface area contributed by atoms with Crippen LogP contribution in [0.1, 0.15) is 156 Å². The van der Waals surface area contributed by atoms with Crippen LogP contribution < -0.4 is 31.1 Å². The van der Waals surface area contributed by atoms with Gasteiger partial charge in [-0.25, -0.2) is 14.5 Å². The van der Waals surface area contributed by atoms with Crippen molar-refractivity contribution in [2.45, 2.75) is 74.7 Å². The Hall–Kier alpha value is -8.14. The summed E-state index contributed by atoms with van der Waals surface area (Å²) in [5.74, 6) is -4.34. The second kappa shape index (κ2) is 24.9. The number of anilines is 5.